The number of fused-ring (bicyclic) bond motifs is 1. The smallest absolute Gasteiger partial charge is 0.241 e. The van der Waals surface area contributed by atoms with Crippen LogP contribution in [0.5, 0.6) is 0 Å². The summed E-state index contributed by atoms with van der Waals surface area (Å²) in [4.78, 5) is 12.9. The van der Waals surface area contributed by atoms with Crippen LogP contribution in [0.25, 0.3) is 10.8 Å². The second kappa shape index (κ2) is 8.35. The monoisotopic (exact) mass is 408 g/mol. The molecule has 1 unspecified atom stereocenters. The summed E-state index contributed by atoms with van der Waals surface area (Å²) in [6.45, 7) is 0.599. The van der Waals surface area contributed by atoms with Crippen molar-refractivity contribution in [1.82, 2.24) is 10.0 Å². The predicted molar refractivity (Wildman–Crippen MR) is 114 cm³/mol. The summed E-state index contributed by atoms with van der Waals surface area (Å²) in [6.07, 6.45) is 2.53. The molecule has 0 aromatic heterocycles. The Balaban J connectivity index is 1.57. The third kappa shape index (κ3) is 5.02. The highest BCUT2D eigenvalue weighted by molar-refractivity contribution is 7.89. The molecular weight excluding hydrogens is 384 g/mol. The van der Waals surface area contributed by atoms with E-state index in [4.69, 9.17) is 0 Å². The van der Waals surface area contributed by atoms with E-state index in [1.165, 1.54) is 0 Å². The number of amides is 1. The maximum absolute atomic E-state index is 13.0. The fourth-order valence-corrected chi connectivity index (χ4v) is 4.55. The van der Waals surface area contributed by atoms with Crippen molar-refractivity contribution in [3.8, 4) is 0 Å². The zero-order chi connectivity index (χ0) is 20.3. The normalized spacial score (nSPS) is 15.2. The summed E-state index contributed by atoms with van der Waals surface area (Å²) in [5, 5.41) is 4.71. The van der Waals surface area contributed by atoms with Crippen LogP contribution in [-0.2, 0) is 21.2 Å². The van der Waals surface area contributed by atoms with Gasteiger partial charge in [-0.25, -0.2) is 8.42 Å². The van der Waals surface area contributed by atoms with Crippen molar-refractivity contribution in [1.29, 1.82) is 0 Å². The molecule has 4 rings (SSSR count). The molecule has 0 spiro atoms. The zero-order valence-corrected chi connectivity index (χ0v) is 16.9. The van der Waals surface area contributed by atoms with Crippen molar-refractivity contribution in [2.75, 3.05) is 6.54 Å². The first-order valence-corrected chi connectivity index (χ1v) is 11.3. The fourth-order valence-electron chi connectivity index (χ4n) is 3.32. The fraction of sp³-hybridized carbons (Fsp3) is 0.261. The van der Waals surface area contributed by atoms with Crippen LogP contribution < -0.4 is 10.0 Å². The summed E-state index contributed by atoms with van der Waals surface area (Å²) < 4.78 is 28.7. The Morgan fingerprint density at radius 2 is 1.62 bits per heavy atom. The first-order chi connectivity index (χ1) is 14.0. The van der Waals surface area contributed by atoms with E-state index in [2.05, 4.69) is 10.0 Å². The van der Waals surface area contributed by atoms with Crippen LogP contribution in [0.4, 0.5) is 0 Å². The number of hydrogen-bond acceptors (Lipinski definition) is 3. The summed E-state index contributed by atoms with van der Waals surface area (Å²) in [7, 11) is -3.85. The van der Waals surface area contributed by atoms with Gasteiger partial charge in [-0.2, -0.15) is 4.72 Å². The summed E-state index contributed by atoms with van der Waals surface area (Å²) in [5.74, 6) is 0.235. The number of sulfonamides is 1. The molecule has 0 bridgehead atoms. The molecule has 1 amide bonds. The summed E-state index contributed by atoms with van der Waals surface area (Å²) in [5.41, 5.74) is 0.903. The number of rotatable bonds is 8. The molecule has 1 saturated carbocycles. The largest absolute Gasteiger partial charge is 0.354 e. The molecule has 6 heteroatoms. The molecule has 1 atom stereocenters. The lowest BCUT2D eigenvalue weighted by Crippen LogP contribution is -2.48. The SMILES string of the molecule is O=C(NCC1CC1)C(Cc1ccccc1)NS(=O)(=O)c1ccc2ccccc2c1. The van der Waals surface area contributed by atoms with Gasteiger partial charge in [0.15, 0.2) is 0 Å². The molecular formula is C23H24N2O3S. The Morgan fingerprint density at radius 1 is 0.931 bits per heavy atom. The quantitative estimate of drug-likeness (QED) is 0.601. The average Bonchev–Trinajstić information content (AvgIpc) is 3.56. The minimum Gasteiger partial charge on any atom is -0.354 e. The lowest BCUT2D eigenvalue weighted by molar-refractivity contribution is -0.122. The maximum Gasteiger partial charge on any atom is 0.241 e. The van der Waals surface area contributed by atoms with Gasteiger partial charge in [-0.15, -0.1) is 0 Å². The second-order valence-electron chi connectivity index (χ2n) is 7.56. The Hall–Kier alpha value is -2.70. The Morgan fingerprint density at radius 3 is 2.34 bits per heavy atom. The van der Waals surface area contributed by atoms with Crippen LogP contribution in [0, 0.1) is 5.92 Å². The highest BCUT2D eigenvalue weighted by atomic mass is 32.2. The van der Waals surface area contributed by atoms with Crippen LogP contribution in [0.1, 0.15) is 18.4 Å². The maximum atomic E-state index is 13.0. The number of hydrogen-bond donors (Lipinski definition) is 2. The first kappa shape index (κ1) is 19.6. The van der Waals surface area contributed by atoms with E-state index in [-0.39, 0.29) is 10.8 Å². The third-order valence-electron chi connectivity index (χ3n) is 5.19. The Labute approximate surface area is 171 Å². The van der Waals surface area contributed by atoms with E-state index in [1.54, 1.807) is 18.2 Å². The molecule has 0 heterocycles. The van der Waals surface area contributed by atoms with Crippen molar-refractivity contribution in [3.63, 3.8) is 0 Å². The molecule has 3 aromatic carbocycles. The molecule has 1 fully saturated rings. The Bertz CT molecular complexity index is 1110. The second-order valence-corrected chi connectivity index (χ2v) is 9.28. The molecule has 5 nitrogen and oxygen atoms in total. The molecule has 150 valence electrons. The molecule has 1 aliphatic carbocycles. The highest BCUT2D eigenvalue weighted by Gasteiger charge is 2.28. The molecule has 0 saturated heterocycles. The predicted octanol–water partition coefficient (Wildman–Crippen LogP) is 3.26. The topological polar surface area (TPSA) is 75.3 Å². The number of benzene rings is 3. The molecule has 29 heavy (non-hydrogen) atoms. The van der Waals surface area contributed by atoms with Gasteiger partial charge in [-0.05, 0) is 53.6 Å². The van der Waals surface area contributed by atoms with E-state index in [1.807, 2.05) is 54.6 Å². The summed E-state index contributed by atoms with van der Waals surface area (Å²) in [6, 6.07) is 21.2. The van der Waals surface area contributed by atoms with Gasteiger partial charge < -0.3 is 5.32 Å². The molecule has 1 aliphatic rings. The molecule has 0 aliphatic heterocycles. The van der Waals surface area contributed by atoms with Gasteiger partial charge in [0.1, 0.15) is 6.04 Å². The van der Waals surface area contributed by atoms with Crippen LogP contribution in [0.3, 0.4) is 0 Å². The van der Waals surface area contributed by atoms with Gasteiger partial charge in [-0.3, -0.25) is 4.79 Å². The lowest BCUT2D eigenvalue weighted by Gasteiger charge is -2.19. The van der Waals surface area contributed by atoms with Crippen molar-refractivity contribution in [2.24, 2.45) is 5.92 Å². The number of nitrogens with one attached hydrogen (secondary N) is 2. The van der Waals surface area contributed by atoms with Crippen LogP contribution in [0.2, 0.25) is 0 Å². The van der Waals surface area contributed by atoms with Gasteiger partial charge in [0, 0.05) is 6.54 Å². The van der Waals surface area contributed by atoms with Crippen molar-refractivity contribution < 1.29 is 13.2 Å². The van der Waals surface area contributed by atoms with Gasteiger partial charge >= 0.3 is 0 Å². The summed E-state index contributed by atoms with van der Waals surface area (Å²) >= 11 is 0. The highest BCUT2D eigenvalue weighted by Crippen LogP contribution is 2.27. The van der Waals surface area contributed by atoms with Gasteiger partial charge in [0.2, 0.25) is 15.9 Å². The average molecular weight is 409 g/mol. The lowest BCUT2D eigenvalue weighted by atomic mass is 10.1. The van der Waals surface area contributed by atoms with Gasteiger partial charge in [0.05, 0.1) is 4.90 Å². The van der Waals surface area contributed by atoms with E-state index in [0.29, 0.717) is 18.9 Å². The zero-order valence-electron chi connectivity index (χ0n) is 16.0. The van der Waals surface area contributed by atoms with E-state index >= 15 is 0 Å². The van der Waals surface area contributed by atoms with Gasteiger partial charge in [0.25, 0.3) is 0 Å². The van der Waals surface area contributed by atoms with E-state index in [9.17, 15) is 13.2 Å². The van der Waals surface area contributed by atoms with Crippen molar-refractivity contribution >= 4 is 26.7 Å². The minimum atomic E-state index is -3.85. The van der Waals surface area contributed by atoms with E-state index in [0.717, 1.165) is 29.2 Å². The van der Waals surface area contributed by atoms with Crippen LogP contribution >= 0.6 is 0 Å². The van der Waals surface area contributed by atoms with Crippen LogP contribution in [0.15, 0.2) is 77.7 Å². The van der Waals surface area contributed by atoms with Crippen molar-refractivity contribution in [3.05, 3.63) is 78.4 Å². The van der Waals surface area contributed by atoms with Crippen LogP contribution in [-0.4, -0.2) is 26.9 Å². The number of carbonyl (C=O) groups is 1. The number of carbonyl (C=O) groups excluding carboxylic acids is 1. The van der Waals surface area contributed by atoms with Crippen molar-refractivity contribution in [2.45, 2.75) is 30.2 Å². The molecule has 2 N–H and O–H groups in total. The molecule has 0 radical (unpaired) electrons. The molecule has 3 aromatic rings. The first-order valence-electron chi connectivity index (χ1n) is 9.84. The Kier molecular flexibility index (Phi) is 5.65. The minimum absolute atomic E-state index is 0.157. The third-order valence-corrected chi connectivity index (χ3v) is 6.66. The van der Waals surface area contributed by atoms with E-state index < -0.39 is 16.1 Å². The standard InChI is InChI=1S/C23H24N2O3S/c26-23(24-16-18-10-11-18)22(14-17-6-2-1-3-7-17)25-29(27,28)21-13-12-19-8-4-5-9-20(19)15-21/h1-9,12-13,15,18,22,25H,10-11,14,16H2,(H,24,26). The van der Waals surface area contributed by atoms with Gasteiger partial charge in [-0.1, -0.05) is 60.7 Å².